The lowest BCUT2D eigenvalue weighted by Gasteiger charge is -2.30. The zero-order valence-corrected chi connectivity index (χ0v) is 70.0. The molecule has 3 aromatic heterocycles. The van der Waals surface area contributed by atoms with Crippen molar-refractivity contribution in [1.82, 2.24) is 13.7 Å². The molecule has 9 heteroatoms. The van der Waals surface area contributed by atoms with E-state index >= 15 is 0 Å². The fourth-order valence-electron chi connectivity index (χ4n) is 18.8. The predicted molar refractivity (Wildman–Crippen MR) is 526 cm³/mol. The second-order valence-corrected chi connectivity index (χ2v) is 32.2. The highest BCUT2D eigenvalue weighted by atomic mass is 15.2. The number of para-hydroxylation sites is 7. The summed E-state index contributed by atoms with van der Waals surface area (Å²) in [4.78, 5) is 14.3. The molecule has 0 radical (unpaired) electrons. The lowest BCUT2D eigenvalue weighted by molar-refractivity contribution is 0.827. The van der Waals surface area contributed by atoms with Crippen LogP contribution in [-0.2, 0) is 13.1 Å². The highest BCUT2D eigenvalue weighted by Crippen LogP contribution is 2.49. The Labute approximate surface area is 724 Å². The molecule has 0 bridgehead atoms. The van der Waals surface area contributed by atoms with Crippen molar-refractivity contribution in [2.75, 3.05) is 29.4 Å². The Bertz CT molecular complexity index is 7110. The number of nitrogens with zero attached hydrogens (tertiary/aromatic N) is 9. The zero-order valence-electron chi connectivity index (χ0n) is 70.0. The van der Waals surface area contributed by atoms with Gasteiger partial charge in [0.05, 0.1) is 11.0 Å². The fraction of sp³-hybridized carbons (Fsp3) is 0.0609. The van der Waals surface area contributed by atoms with Gasteiger partial charge in [0.15, 0.2) is 0 Å². The van der Waals surface area contributed by atoms with E-state index < -0.39 is 0 Å². The minimum Gasteiger partial charge on any atom is -0.341 e. The quantitative estimate of drug-likeness (QED) is 0.0673. The molecular weight excluding hydrogens is 1510 g/mol. The SMILES string of the molecule is CCn1c2ccccc2c2cc(N(c3ccccc3)c3ccc4c(c3)c3cc(N(c5ccccc5)c5ccc6c(c5)c5ccccc5n6CC)ccc3n4-c3ccc(-c4cc(C)cc(N(c5ccccc5)c5ccc(N(c6ccc(N(c7ccccc7)c7cccc(C)c7)cc6)c6ccc(N(c7ccccc7)c7cccc(C)c7)cc6)cc5)c4)cc3)ccc21. The van der Waals surface area contributed by atoms with Crippen LogP contribution < -0.4 is 29.4 Å². The molecule has 0 spiro atoms. The van der Waals surface area contributed by atoms with Gasteiger partial charge >= 0.3 is 0 Å². The van der Waals surface area contributed by atoms with E-state index in [9.17, 15) is 0 Å². The van der Waals surface area contributed by atoms with Crippen molar-refractivity contribution in [1.29, 1.82) is 0 Å². The molecule has 3 heterocycles. The largest absolute Gasteiger partial charge is 0.341 e. The third-order valence-corrected chi connectivity index (χ3v) is 24.4. The van der Waals surface area contributed by atoms with Crippen molar-refractivity contribution in [3.63, 3.8) is 0 Å². The molecule has 18 aromatic carbocycles. The minimum atomic E-state index is 0.877. The average Bonchev–Trinajstić information content (AvgIpc) is 1.56. The van der Waals surface area contributed by atoms with Crippen LogP contribution in [-0.4, -0.2) is 13.7 Å². The van der Waals surface area contributed by atoms with E-state index in [-0.39, 0.29) is 0 Å². The van der Waals surface area contributed by atoms with E-state index in [1.54, 1.807) is 0 Å². The fourth-order valence-corrected chi connectivity index (χ4v) is 18.8. The standard InChI is InChI=1S/C115H91N9/c1-6-116-110-45-25-23-43-104(110)106-76-99(63-67-112(106)116)122(88-37-19-11-20-38-88)101-65-69-114-108(78-101)109-79-102(123(89-39-21-12-22-40-89)100-64-68-113-107(77-100)105-44-24-26-46-111(105)117(113)7-2)66-70-115(109)124(114)96-49-47-83(48-50-96)84-71-82(5)74-103(75-84)121(87-35-17-10-18-36-87)95-61-55-92(56-62-95)118(90-51-57-93(58-52-90)119(85-31-13-8-14-32-85)97-41-27-29-80(3)72-97)91-53-59-94(60-54-91)120(86-33-15-9-16-34-86)98-42-28-30-81(4)73-98/h8-79H,6-7H2,1-5H3. The summed E-state index contributed by atoms with van der Waals surface area (Å²) in [6.45, 7) is 12.8. The molecule has 0 aliphatic rings. The van der Waals surface area contributed by atoms with Crippen LogP contribution in [0.25, 0.3) is 82.2 Å². The Morgan fingerprint density at radius 2 is 0.419 bits per heavy atom. The van der Waals surface area contributed by atoms with E-state index in [1.165, 1.54) is 54.7 Å². The van der Waals surface area contributed by atoms with Gasteiger partial charge in [0, 0.05) is 176 Å². The summed E-state index contributed by atoms with van der Waals surface area (Å²) >= 11 is 0. The number of benzene rings is 18. The summed E-state index contributed by atoms with van der Waals surface area (Å²) in [5, 5.41) is 7.25. The van der Waals surface area contributed by atoms with E-state index in [0.717, 1.165) is 160 Å². The molecule has 596 valence electrons. The van der Waals surface area contributed by atoms with Gasteiger partial charge in [-0.1, -0.05) is 170 Å². The predicted octanol–water partition coefficient (Wildman–Crippen LogP) is 32.5. The van der Waals surface area contributed by atoms with Crippen LogP contribution in [0, 0.1) is 20.8 Å². The number of fused-ring (bicyclic) bond motifs is 9. The normalized spacial score (nSPS) is 11.5. The maximum absolute atomic E-state index is 2.46. The summed E-state index contributed by atoms with van der Waals surface area (Å²) in [5.74, 6) is 0. The first-order valence-electron chi connectivity index (χ1n) is 43.0. The molecule has 0 aliphatic carbocycles. The van der Waals surface area contributed by atoms with Gasteiger partial charge in [-0.25, -0.2) is 0 Å². The van der Waals surface area contributed by atoms with Crippen LogP contribution in [0.4, 0.5) is 102 Å². The number of aromatic nitrogens is 3. The zero-order chi connectivity index (χ0) is 83.3. The van der Waals surface area contributed by atoms with Crippen LogP contribution in [0.3, 0.4) is 0 Å². The lowest BCUT2D eigenvalue weighted by atomic mass is 10.0. The number of hydrogen-bond acceptors (Lipinski definition) is 6. The lowest BCUT2D eigenvalue weighted by Crippen LogP contribution is -2.14. The number of rotatable bonds is 22. The Morgan fingerprint density at radius 1 is 0.169 bits per heavy atom. The van der Waals surface area contributed by atoms with Crippen molar-refractivity contribution in [2.24, 2.45) is 0 Å². The van der Waals surface area contributed by atoms with Crippen molar-refractivity contribution >= 4 is 168 Å². The van der Waals surface area contributed by atoms with Gasteiger partial charge in [-0.2, -0.15) is 0 Å². The highest BCUT2D eigenvalue weighted by molar-refractivity contribution is 6.14. The maximum atomic E-state index is 2.46. The Morgan fingerprint density at radius 3 is 0.758 bits per heavy atom. The molecule has 124 heavy (non-hydrogen) atoms. The maximum Gasteiger partial charge on any atom is 0.0542 e. The molecule has 0 atom stereocenters. The van der Waals surface area contributed by atoms with E-state index in [4.69, 9.17) is 0 Å². The second kappa shape index (κ2) is 32.4. The Kier molecular flexibility index (Phi) is 19.7. The molecule has 0 amide bonds. The van der Waals surface area contributed by atoms with Gasteiger partial charge < -0.3 is 43.1 Å². The molecule has 0 N–H and O–H groups in total. The molecule has 0 fully saturated rings. The van der Waals surface area contributed by atoms with Gasteiger partial charge in [-0.05, 0) is 329 Å². The summed E-state index contributed by atoms with van der Waals surface area (Å²) in [7, 11) is 0. The van der Waals surface area contributed by atoms with Gasteiger partial charge in [0.2, 0.25) is 0 Å². The summed E-state index contributed by atoms with van der Waals surface area (Å²) in [5.41, 5.74) is 33.2. The number of aryl methyl sites for hydroxylation is 5. The van der Waals surface area contributed by atoms with Gasteiger partial charge in [-0.15, -0.1) is 0 Å². The molecule has 0 unspecified atom stereocenters. The highest BCUT2D eigenvalue weighted by Gasteiger charge is 2.26. The monoisotopic (exact) mass is 1600 g/mol. The van der Waals surface area contributed by atoms with E-state index in [1.807, 2.05) is 0 Å². The molecular formula is C115H91N9. The first kappa shape index (κ1) is 75.6. The third kappa shape index (κ3) is 13.9. The number of anilines is 18. The van der Waals surface area contributed by atoms with Crippen LogP contribution in [0.5, 0.6) is 0 Å². The summed E-state index contributed by atoms with van der Waals surface area (Å²) < 4.78 is 7.33. The van der Waals surface area contributed by atoms with Crippen molar-refractivity contribution in [3.8, 4) is 16.8 Å². The smallest absolute Gasteiger partial charge is 0.0542 e. The molecule has 9 nitrogen and oxygen atoms in total. The van der Waals surface area contributed by atoms with Crippen molar-refractivity contribution in [2.45, 2.75) is 47.7 Å². The molecule has 0 aliphatic heterocycles. The molecule has 21 aromatic rings. The summed E-state index contributed by atoms with van der Waals surface area (Å²) in [6.07, 6.45) is 0. The summed E-state index contributed by atoms with van der Waals surface area (Å²) in [6, 6.07) is 160. The first-order valence-corrected chi connectivity index (χ1v) is 43.0. The first-order chi connectivity index (χ1) is 61.1. The number of hydrogen-bond donors (Lipinski definition) is 0. The topological polar surface area (TPSA) is 34.2 Å². The molecule has 0 saturated heterocycles. The molecule has 21 rings (SSSR count). The van der Waals surface area contributed by atoms with Crippen LogP contribution in [0.1, 0.15) is 30.5 Å². The van der Waals surface area contributed by atoms with Gasteiger partial charge in [0.25, 0.3) is 0 Å². The van der Waals surface area contributed by atoms with Gasteiger partial charge in [-0.3, -0.25) is 0 Å². The third-order valence-electron chi connectivity index (χ3n) is 24.4. The Hall–Kier alpha value is -15.8. The van der Waals surface area contributed by atoms with Crippen molar-refractivity contribution < 1.29 is 0 Å². The van der Waals surface area contributed by atoms with Gasteiger partial charge in [0.1, 0.15) is 0 Å². The van der Waals surface area contributed by atoms with Crippen LogP contribution >= 0.6 is 0 Å². The Balaban J connectivity index is 0.666. The molecule has 0 saturated carbocycles. The van der Waals surface area contributed by atoms with E-state index in [0.29, 0.717) is 0 Å². The minimum absolute atomic E-state index is 0.877. The average molecular weight is 1600 g/mol. The van der Waals surface area contributed by atoms with Crippen LogP contribution in [0.15, 0.2) is 437 Å². The van der Waals surface area contributed by atoms with E-state index in [2.05, 4.69) is 514 Å². The van der Waals surface area contributed by atoms with Crippen LogP contribution in [0.2, 0.25) is 0 Å². The van der Waals surface area contributed by atoms with Crippen molar-refractivity contribution in [3.05, 3.63) is 453 Å². The second-order valence-electron chi connectivity index (χ2n) is 32.2.